The molecule has 98 valence electrons. The van der Waals surface area contributed by atoms with Gasteiger partial charge in [0.1, 0.15) is 12.6 Å². The first-order valence-electron chi connectivity index (χ1n) is 5.28. The molecule has 18 heavy (non-hydrogen) atoms. The standard InChI is InChI=1S/C12H14BrNO4/c1-18-7-11(15)14-10(12(16)17)6-8-2-4-9(13)5-3-8/h2-5,10H,6-7H2,1H3,(H,14,15)(H,16,17)/t10-/m0/s1. The molecule has 0 saturated carbocycles. The summed E-state index contributed by atoms with van der Waals surface area (Å²) in [6.45, 7) is -0.149. The highest BCUT2D eigenvalue weighted by Crippen LogP contribution is 2.12. The third-order valence-corrected chi connectivity index (χ3v) is 2.79. The Labute approximate surface area is 113 Å². The van der Waals surface area contributed by atoms with Gasteiger partial charge >= 0.3 is 5.97 Å². The molecule has 0 aliphatic heterocycles. The predicted molar refractivity (Wildman–Crippen MR) is 69.3 cm³/mol. The highest BCUT2D eigenvalue weighted by atomic mass is 79.9. The number of benzene rings is 1. The molecule has 2 N–H and O–H groups in total. The average Bonchev–Trinajstić information content (AvgIpc) is 2.31. The molecule has 0 aliphatic carbocycles. The summed E-state index contributed by atoms with van der Waals surface area (Å²) in [7, 11) is 1.38. The number of hydrogen-bond acceptors (Lipinski definition) is 3. The number of carbonyl (C=O) groups is 2. The number of carboxylic acid groups (broad SMARTS) is 1. The Kier molecular flexibility index (Phi) is 5.80. The monoisotopic (exact) mass is 315 g/mol. The van der Waals surface area contributed by atoms with E-state index >= 15 is 0 Å². The summed E-state index contributed by atoms with van der Waals surface area (Å²) in [5.74, 6) is -1.51. The van der Waals surface area contributed by atoms with E-state index in [4.69, 9.17) is 5.11 Å². The van der Waals surface area contributed by atoms with Gasteiger partial charge in [0.2, 0.25) is 5.91 Å². The fourth-order valence-corrected chi connectivity index (χ4v) is 1.69. The van der Waals surface area contributed by atoms with Crippen molar-refractivity contribution in [1.29, 1.82) is 0 Å². The first-order valence-corrected chi connectivity index (χ1v) is 6.07. The maximum absolute atomic E-state index is 11.3. The lowest BCUT2D eigenvalue weighted by molar-refractivity contribution is -0.142. The van der Waals surface area contributed by atoms with Gasteiger partial charge in [-0.15, -0.1) is 0 Å². The Hall–Kier alpha value is -1.40. The van der Waals surface area contributed by atoms with Crippen molar-refractivity contribution in [2.24, 2.45) is 0 Å². The number of carboxylic acids is 1. The molecule has 1 aromatic carbocycles. The largest absolute Gasteiger partial charge is 0.480 e. The summed E-state index contributed by atoms with van der Waals surface area (Å²) in [6.07, 6.45) is 0.234. The van der Waals surface area contributed by atoms with Crippen molar-refractivity contribution in [2.45, 2.75) is 12.5 Å². The fourth-order valence-electron chi connectivity index (χ4n) is 1.42. The topological polar surface area (TPSA) is 75.6 Å². The summed E-state index contributed by atoms with van der Waals surface area (Å²) in [5.41, 5.74) is 0.836. The van der Waals surface area contributed by atoms with Crippen LogP contribution in [0, 0.1) is 0 Å². The summed E-state index contributed by atoms with van der Waals surface area (Å²) in [4.78, 5) is 22.3. The number of amides is 1. The number of halogens is 1. The number of aliphatic carboxylic acids is 1. The van der Waals surface area contributed by atoms with Crippen molar-refractivity contribution >= 4 is 27.8 Å². The molecule has 1 aromatic rings. The Bertz CT molecular complexity index is 419. The van der Waals surface area contributed by atoms with Gasteiger partial charge in [0.25, 0.3) is 0 Å². The van der Waals surface area contributed by atoms with Gasteiger partial charge in [0, 0.05) is 18.0 Å². The first-order chi connectivity index (χ1) is 8.52. The zero-order valence-electron chi connectivity index (χ0n) is 9.85. The fraction of sp³-hybridized carbons (Fsp3) is 0.333. The molecule has 5 nitrogen and oxygen atoms in total. The van der Waals surface area contributed by atoms with Gasteiger partial charge in [0.15, 0.2) is 0 Å². The van der Waals surface area contributed by atoms with Gasteiger partial charge in [-0.2, -0.15) is 0 Å². The molecular formula is C12H14BrNO4. The summed E-state index contributed by atoms with van der Waals surface area (Å²) in [5, 5.41) is 11.4. The number of nitrogens with one attached hydrogen (secondary N) is 1. The second-order valence-corrected chi connectivity index (χ2v) is 4.64. The first kappa shape index (κ1) is 14.7. The van der Waals surface area contributed by atoms with E-state index in [1.807, 2.05) is 24.3 Å². The van der Waals surface area contributed by atoms with Crippen molar-refractivity contribution in [3.8, 4) is 0 Å². The molecular weight excluding hydrogens is 302 g/mol. The van der Waals surface area contributed by atoms with Gasteiger partial charge in [0.05, 0.1) is 0 Å². The minimum Gasteiger partial charge on any atom is -0.480 e. The summed E-state index contributed by atoms with van der Waals surface area (Å²) < 4.78 is 5.56. The van der Waals surface area contributed by atoms with Gasteiger partial charge in [-0.25, -0.2) is 4.79 Å². The van der Waals surface area contributed by atoms with Crippen molar-refractivity contribution in [2.75, 3.05) is 13.7 Å². The van der Waals surface area contributed by atoms with Gasteiger partial charge in [-0.1, -0.05) is 28.1 Å². The molecule has 0 unspecified atom stereocenters. The van der Waals surface area contributed by atoms with Crippen LogP contribution in [0.1, 0.15) is 5.56 Å². The second kappa shape index (κ2) is 7.13. The van der Waals surface area contributed by atoms with Crippen LogP contribution in [0.25, 0.3) is 0 Å². The maximum Gasteiger partial charge on any atom is 0.326 e. The molecule has 0 aromatic heterocycles. The zero-order chi connectivity index (χ0) is 13.5. The number of rotatable bonds is 6. The Balaban J connectivity index is 2.65. The molecule has 0 fully saturated rings. The molecule has 0 aliphatic rings. The molecule has 1 atom stereocenters. The van der Waals surface area contributed by atoms with E-state index in [9.17, 15) is 9.59 Å². The van der Waals surface area contributed by atoms with E-state index in [2.05, 4.69) is 26.0 Å². The van der Waals surface area contributed by atoms with E-state index in [1.54, 1.807) is 0 Å². The van der Waals surface area contributed by atoms with E-state index in [0.29, 0.717) is 0 Å². The normalized spacial score (nSPS) is 11.9. The lowest BCUT2D eigenvalue weighted by Crippen LogP contribution is -2.43. The predicted octanol–water partition coefficient (Wildman–Crippen LogP) is 1.21. The van der Waals surface area contributed by atoms with E-state index in [0.717, 1.165) is 10.0 Å². The van der Waals surface area contributed by atoms with Crippen molar-refractivity contribution in [3.63, 3.8) is 0 Å². The van der Waals surface area contributed by atoms with Gasteiger partial charge in [-0.3, -0.25) is 4.79 Å². The molecule has 0 saturated heterocycles. The highest BCUT2D eigenvalue weighted by Gasteiger charge is 2.20. The average molecular weight is 316 g/mol. The van der Waals surface area contributed by atoms with Crippen molar-refractivity contribution in [3.05, 3.63) is 34.3 Å². The zero-order valence-corrected chi connectivity index (χ0v) is 11.4. The Morgan fingerprint density at radius 1 is 1.39 bits per heavy atom. The van der Waals surface area contributed by atoms with Crippen molar-refractivity contribution in [1.82, 2.24) is 5.32 Å². The van der Waals surface area contributed by atoms with Crippen LogP contribution in [0.2, 0.25) is 0 Å². The summed E-state index contributed by atoms with van der Waals surface area (Å²) >= 11 is 3.30. The number of ether oxygens (including phenoxy) is 1. The lowest BCUT2D eigenvalue weighted by Gasteiger charge is -2.14. The number of methoxy groups -OCH3 is 1. The van der Waals surface area contributed by atoms with E-state index in [-0.39, 0.29) is 13.0 Å². The maximum atomic E-state index is 11.3. The van der Waals surface area contributed by atoms with Crippen LogP contribution in [0.15, 0.2) is 28.7 Å². The quantitative estimate of drug-likeness (QED) is 0.827. The van der Waals surface area contributed by atoms with Crippen molar-refractivity contribution < 1.29 is 19.4 Å². The lowest BCUT2D eigenvalue weighted by atomic mass is 10.1. The summed E-state index contributed by atoms with van der Waals surface area (Å²) in [6, 6.07) is 6.32. The highest BCUT2D eigenvalue weighted by molar-refractivity contribution is 9.10. The van der Waals surface area contributed by atoms with E-state index < -0.39 is 17.9 Å². The van der Waals surface area contributed by atoms with Crippen LogP contribution >= 0.6 is 15.9 Å². The van der Waals surface area contributed by atoms with Crippen LogP contribution in [0.4, 0.5) is 0 Å². The molecule has 0 spiro atoms. The van der Waals surface area contributed by atoms with Crippen LogP contribution in [-0.2, 0) is 20.7 Å². The molecule has 0 heterocycles. The molecule has 0 bridgehead atoms. The van der Waals surface area contributed by atoms with Gasteiger partial charge in [-0.05, 0) is 17.7 Å². The SMILES string of the molecule is COCC(=O)N[C@@H](Cc1ccc(Br)cc1)C(=O)O. The third kappa shape index (κ3) is 4.85. The Morgan fingerprint density at radius 2 is 2.00 bits per heavy atom. The molecule has 0 radical (unpaired) electrons. The van der Waals surface area contributed by atoms with Crippen LogP contribution in [-0.4, -0.2) is 36.7 Å². The van der Waals surface area contributed by atoms with Crippen LogP contribution in [0.3, 0.4) is 0 Å². The minimum absolute atomic E-state index is 0.149. The van der Waals surface area contributed by atoms with E-state index in [1.165, 1.54) is 7.11 Å². The van der Waals surface area contributed by atoms with Gasteiger partial charge < -0.3 is 15.2 Å². The van der Waals surface area contributed by atoms with Crippen LogP contribution in [0.5, 0.6) is 0 Å². The molecule has 6 heteroatoms. The molecule has 1 amide bonds. The Morgan fingerprint density at radius 3 is 2.50 bits per heavy atom. The van der Waals surface area contributed by atoms with Crippen LogP contribution < -0.4 is 5.32 Å². The molecule has 1 rings (SSSR count). The number of carbonyl (C=O) groups excluding carboxylic acids is 1. The number of hydrogen-bond donors (Lipinski definition) is 2. The smallest absolute Gasteiger partial charge is 0.326 e. The third-order valence-electron chi connectivity index (χ3n) is 2.26. The minimum atomic E-state index is -1.07. The second-order valence-electron chi connectivity index (χ2n) is 3.72.